The van der Waals surface area contributed by atoms with E-state index >= 15 is 0 Å². The maximum absolute atomic E-state index is 5.29. The van der Waals surface area contributed by atoms with E-state index in [1.807, 2.05) is 54.6 Å². The van der Waals surface area contributed by atoms with Gasteiger partial charge < -0.3 is 9.47 Å². The van der Waals surface area contributed by atoms with Crippen molar-refractivity contribution in [1.82, 2.24) is 4.98 Å². The molecule has 0 atom stereocenters. The van der Waals surface area contributed by atoms with Crippen LogP contribution in [0.3, 0.4) is 0 Å². The number of ether oxygens (including phenoxy) is 2. The number of benzene rings is 3. The number of pyridine rings is 1. The van der Waals surface area contributed by atoms with Gasteiger partial charge in [-0.3, -0.25) is 0 Å². The first-order valence-electron chi connectivity index (χ1n) is 8.47. The Morgan fingerprint density at radius 3 is 1.85 bits per heavy atom. The molecule has 0 aliphatic heterocycles. The highest BCUT2D eigenvalue weighted by molar-refractivity contribution is 5.91. The summed E-state index contributed by atoms with van der Waals surface area (Å²) >= 11 is 0. The van der Waals surface area contributed by atoms with Gasteiger partial charge in [0.1, 0.15) is 11.5 Å². The fourth-order valence-electron chi connectivity index (χ4n) is 3.08. The molecule has 1 aromatic heterocycles. The number of hydrogen-bond acceptors (Lipinski definition) is 3. The van der Waals surface area contributed by atoms with Gasteiger partial charge in [-0.2, -0.15) is 0 Å². The van der Waals surface area contributed by atoms with Crippen LogP contribution in [0.2, 0.25) is 0 Å². The molecule has 26 heavy (non-hydrogen) atoms. The largest absolute Gasteiger partial charge is 0.497 e. The third-order valence-corrected chi connectivity index (χ3v) is 4.49. The molecule has 4 rings (SSSR count). The van der Waals surface area contributed by atoms with Crippen LogP contribution in [-0.2, 0) is 0 Å². The second-order valence-corrected chi connectivity index (χ2v) is 6.03. The summed E-state index contributed by atoms with van der Waals surface area (Å²) in [7, 11) is 3.35. The lowest BCUT2D eigenvalue weighted by atomic mass is 9.97. The molecule has 3 aromatic carbocycles. The molecule has 0 spiro atoms. The Balaban J connectivity index is 1.93. The number of fused-ring (bicyclic) bond motifs is 1. The van der Waals surface area contributed by atoms with Crippen LogP contribution in [0, 0.1) is 0 Å². The van der Waals surface area contributed by atoms with Crippen LogP contribution >= 0.6 is 0 Å². The third-order valence-electron chi connectivity index (χ3n) is 4.49. The molecule has 0 aliphatic rings. The van der Waals surface area contributed by atoms with Gasteiger partial charge in [0.15, 0.2) is 0 Å². The number of para-hydroxylation sites is 1. The molecule has 3 heteroatoms. The average molecular weight is 341 g/mol. The molecule has 4 aromatic rings. The molecular formula is C23H19NO2. The zero-order valence-electron chi connectivity index (χ0n) is 14.8. The summed E-state index contributed by atoms with van der Waals surface area (Å²) in [6, 6.07) is 26.5. The van der Waals surface area contributed by atoms with Gasteiger partial charge in [0.05, 0.1) is 25.4 Å². The summed E-state index contributed by atoms with van der Waals surface area (Å²) in [5.74, 6) is 1.68. The van der Waals surface area contributed by atoms with Gasteiger partial charge in [-0.25, -0.2) is 4.98 Å². The summed E-state index contributed by atoms with van der Waals surface area (Å²) in [5.41, 5.74) is 5.20. The van der Waals surface area contributed by atoms with Crippen LogP contribution in [0.4, 0.5) is 0 Å². The van der Waals surface area contributed by atoms with Crippen molar-refractivity contribution in [1.29, 1.82) is 0 Å². The Bertz CT molecular complexity index is 952. The zero-order valence-corrected chi connectivity index (χ0v) is 14.8. The summed E-state index contributed by atoms with van der Waals surface area (Å²) in [4.78, 5) is 4.95. The SMILES string of the molecule is COc1ccc(-c2cc3ccccc3nc2-c2ccc(OC)cc2)cc1. The Morgan fingerprint density at radius 2 is 1.23 bits per heavy atom. The van der Waals surface area contributed by atoms with E-state index in [0.717, 1.165) is 44.8 Å². The summed E-state index contributed by atoms with van der Waals surface area (Å²) in [5, 5.41) is 1.12. The van der Waals surface area contributed by atoms with Gasteiger partial charge >= 0.3 is 0 Å². The normalized spacial score (nSPS) is 10.7. The molecule has 0 radical (unpaired) electrons. The second-order valence-electron chi connectivity index (χ2n) is 6.03. The minimum atomic E-state index is 0.834. The van der Waals surface area contributed by atoms with Crippen molar-refractivity contribution in [2.75, 3.05) is 14.2 Å². The molecule has 0 saturated heterocycles. The van der Waals surface area contributed by atoms with Crippen molar-refractivity contribution < 1.29 is 9.47 Å². The molecule has 0 bridgehead atoms. The van der Waals surface area contributed by atoms with Crippen molar-refractivity contribution in [3.8, 4) is 33.9 Å². The van der Waals surface area contributed by atoms with Crippen LogP contribution in [-0.4, -0.2) is 19.2 Å². The third kappa shape index (κ3) is 3.00. The minimum absolute atomic E-state index is 0.834. The molecule has 0 amide bonds. The first-order chi connectivity index (χ1) is 12.8. The monoisotopic (exact) mass is 341 g/mol. The quantitative estimate of drug-likeness (QED) is 0.485. The number of rotatable bonds is 4. The van der Waals surface area contributed by atoms with Gasteiger partial charge in [0.2, 0.25) is 0 Å². The van der Waals surface area contributed by atoms with Crippen molar-refractivity contribution >= 4 is 10.9 Å². The average Bonchev–Trinajstić information content (AvgIpc) is 2.73. The van der Waals surface area contributed by atoms with E-state index in [1.54, 1.807) is 14.2 Å². The molecule has 0 unspecified atom stereocenters. The molecule has 3 nitrogen and oxygen atoms in total. The van der Waals surface area contributed by atoms with E-state index in [0.29, 0.717) is 0 Å². The lowest BCUT2D eigenvalue weighted by Crippen LogP contribution is -1.92. The Labute approximate surface area is 152 Å². The lowest BCUT2D eigenvalue weighted by molar-refractivity contribution is 0.414. The first kappa shape index (κ1) is 16.2. The molecule has 0 aliphatic carbocycles. The van der Waals surface area contributed by atoms with E-state index in [1.165, 1.54) is 0 Å². The van der Waals surface area contributed by atoms with E-state index in [-0.39, 0.29) is 0 Å². The molecular weight excluding hydrogens is 322 g/mol. The summed E-state index contributed by atoms with van der Waals surface area (Å²) in [6.45, 7) is 0. The van der Waals surface area contributed by atoms with Gasteiger partial charge in [0.25, 0.3) is 0 Å². The standard InChI is InChI=1S/C23H19NO2/c1-25-19-11-7-16(8-12-19)21-15-18-5-3-4-6-22(18)24-23(21)17-9-13-20(26-2)14-10-17/h3-15H,1-2H3. The van der Waals surface area contributed by atoms with E-state index in [2.05, 4.69) is 24.3 Å². The predicted octanol–water partition coefficient (Wildman–Crippen LogP) is 5.59. The number of methoxy groups -OCH3 is 2. The van der Waals surface area contributed by atoms with Crippen molar-refractivity contribution in [3.05, 3.63) is 78.9 Å². The Kier molecular flexibility index (Phi) is 4.28. The Morgan fingerprint density at radius 1 is 0.654 bits per heavy atom. The second kappa shape index (κ2) is 6.89. The highest BCUT2D eigenvalue weighted by Gasteiger charge is 2.12. The molecule has 1 heterocycles. The van der Waals surface area contributed by atoms with Crippen molar-refractivity contribution in [2.24, 2.45) is 0 Å². The van der Waals surface area contributed by atoms with Crippen molar-refractivity contribution in [2.45, 2.75) is 0 Å². The zero-order chi connectivity index (χ0) is 17.9. The maximum atomic E-state index is 5.29. The van der Waals surface area contributed by atoms with Crippen molar-refractivity contribution in [3.63, 3.8) is 0 Å². The Hall–Kier alpha value is -3.33. The maximum Gasteiger partial charge on any atom is 0.118 e. The highest BCUT2D eigenvalue weighted by atomic mass is 16.5. The first-order valence-corrected chi connectivity index (χ1v) is 8.47. The van der Waals surface area contributed by atoms with Gasteiger partial charge in [0, 0.05) is 16.5 Å². The molecule has 128 valence electrons. The topological polar surface area (TPSA) is 31.4 Å². The smallest absolute Gasteiger partial charge is 0.118 e. The minimum Gasteiger partial charge on any atom is -0.497 e. The highest BCUT2D eigenvalue weighted by Crippen LogP contribution is 2.34. The van der Waals surface area contributed by atoms with Crippen LogP contribution < -0.4 is 9.47 Å². The van der Waals surface area contributed by atoms with Crippen LogP contribution in [0.1, 0.15) is 0 Å². The molecule has 0 fully saturated rings. The van der Waals surface area contributed by atoms with Crippen LogP contribution in [0.25, 0.3) is 33.3 Å². The van der Waals surface area contributed by atoms with Gasteiger partial charge in [-0.1, -0.05) is 30.3 Å². The molecule has 0 saturated carbocycles. The number of nitrogens with zero attached hydrogens (tertiary/aromatic N) is 1. The summed E-state index contributed by atoms with van der Waals surface area (Å²) in [6.07, 6.45) is 0. The predicted molar refractivity (Wildman–Crippen MR) is 106 cm³/mol. The number of hydrogen-bond donors (Lipinski definition) is 0. The van der Waals surface area contributed by atoms with Gasteiger partial charge in [-0.15, -0.1) is 0 Å². The lowest BCUT2D eigenvalue weighted by Gasteiger charge is -2.12. The van der Waals surface area contributed by atoms with Gasteiger partial charge in [-0.05, 0) is 54.1 Å². The van der Waals surface area contributed by atoms with Crippen LogP contribution in [0.5, 0.6) is 11.5 Å². The van der Waals surface area contributed by atoms with E-state index in [4.69, 9.17) is 14.5 Å². The fourth-order valence-corrected chi connectivity index (χ4v) is 3.08. The van der Waals surface area contributed by atoms with E-state index < -0.39 is 0 Å². The summed E-state index contributed by atoms with van der Waals surface area (Å²) < 4.78 is 10.6. The fraction of sp³-hybridized carbons (Fsp3) is 0.0870. The van der Waals surface area contributed by atoms with E-state index in [9.17, 15) is 0 Å². The number of aromatic nitrogens is 1. The molecule has 0 N–H and O–H groups in total. The van der Waals surface area contributed by atoms with Crippen LogP contribution in [0.15, 0.2) is 78.9 Å².